The van der Waals surface area contributed by atoms with Crippen LogP contribution in [0.5, 0.6) is 0 Å². The second kappa shape index (κ2) is 5.52. The molecule has 2 N–H and O–H groups in total. The Labute approximate surface area is 119 Å². The lowest BCUT2D eigenvalue weighted by molar-refractivity contribution is 0.389. The van der Waals surface area contributed by atoms with Crippen molar-refractivity contribution in [1.29, 1.82) is 5.26 Å². The highest BCUT2D eigenvalue weighted by atomic mass is 15.0. The van der Waals surface area contributed by atoms with Crippen molar-refractivity contribution < 1.29 is 0 Å². The average Bonchev–Trinajstić information content (AvgIpc) is 2.50. The van der Waals surface area contributed by atoms with E-state index in [4.69, 9.17) is 0 Å². The number of nitrogens with zero attached hydrogens (tertiary/aromatic N) is 1. The lowest BCUT2D eigenvalue weighted by atomic mass is 9.98. The summed E-state index contributed by atoms with van der Waals surface area (Å²) in [6.45, 7) is 3.33. The van der Waals surface area contributed by atoms with Gasteiger partial charge >= 0.3 is 0 Å². The van der Waals surface area contributed by atoms with Crippen molar-refractivity contribution in [2.24, 2.45) is 0 Å². The minimum atomic E-state index is 0.445. The van der Waals surface area contributed by atoms with Gasteiger partial charge < -0.3 is 10.6 Å². The zero-order valence-electron chi connectivity index (χ0n) is 11.7. The zero-order valence-corrected chi connectivity index (χ0v) is 11.7. The largest absolute Gasteiger partial charge is 0.380 e. The topological polar surface area (TPSA) is 47.8 Å². The number of hydrogen-bond donors (Lipinski definition) is 2. The van der Waals surface area contributed by atoms with Crippen molar-refractivity contribution in [3.05, 3.63) is 42.0 Å². The number of piperidine rings is 1. The summed E-state index contributed by atoms with van der Waals surface area (Å²) in [4.78, 5) is 0. The van der Waals surface area contributed by atoms with E-state index in [1.807, 2.05) is 30.3 Å². The molecule has 1 aliphatic heterocycles. The Morgan fingerprint density at radius 2 is 2.00 bits per heavy atom. The number of nitriles is 1. The SMILES string of the molecule is CC1NCCCC1Nc1ccc(C#N)c2ccccc12. The van der Waals surface area contributed by atoms with E-state index in [-0.39, 0.29) is 0 Å². The molecular formula is C17H19N3. The molecule has 2 unspecified atom stereocenters. The van der Waals surface area contributed by atoms with Crippen LogP contribution in [0.3, 0.4) is 0 Å². The lowest BCUT2D eigenvalue weighted by Crippen LogP contribution is -2.46. The maximum atomic E-state index is 9.21. The van der Waals surface area contributed by atoms with Gasteiger partial charge in [0.1, 0.15) is 0 Å². The molecule has 0 saturated carbocycles. The first kappa shape index (κ1) is 13.0. The molecule has 0 radical (unpaired) electrons. The second-order valence-electron chi connectivity index (χ2n) is 5.45. The fraction of sp³-hybridized carbons (Fsp3) is 0.353. The van der Waals surface area contributed by atoms with E-state index in [0.717, 1.165) is 28.6 Å². The summed E-state index contributed by atoms with van der Waals surface area (Å²) in [7, 11) is 0. The molecule has 0 aliphatic carbocycles. The standard InChI is InChI=1S/C17H19N3/c1-12-16(7-4-10-19-12)20-17-9-8-13(11-18)14-5-2-3-6-15(14)17/h2-3,5-6,8-9,12,16,19-20H,4,7,10H2,1H3. The fourth-order valence-corrected chi connectivity index (χ4v) is 2.96. The molecule has 1 saturated heterocycles. The molecule has 2 atom stereocenters. The summed E-state index contributed by atoms with van der Waals surface area (Å²) in [5, 5.41) is 18.5. The molecule has 20 heavy (non-hydrogen) atoms. The second-order valence-corrected chi connectivity index (χ2v) is 5.45. The van der Waals surface area contributed by atoms with E-state index < -0.39 is 0 Å². The summed E-state index contributed by atoms with van der Waals surface area (Å²) in [6.07, 6.45) is 2.39. The molecule has 2 aromatic rings. The minimum absolute atomic E-state index is 0.445. The Kier molecular flexibility index (Phi) is 3.58. The summed E-state index contributed by atoms with van der Waals surface area (Å²) < 4.78 is 0. The molecular weight excluding hydrogens is 246 g/mol. The fourth-order valence-electron chi connectivity index (χ4n) is 2.96. The van der Waals surface area contributed by atoms with Gasteiger partial charge in [-0.3, -0.25) is 0 Å². The van der Waals surface area contributed by atoms with E-state index in [0.29, 0.717) is 12.1 Å². The Morgan fingerprint density at radius 1 is 1.20 bits per heavy atom. The Hall–Kier alpha value is -2.05. The molecule has 2 aromatic carbocycles. The van der Waals surface area contributed by atoms with Crippen LogP contribution in [0.1, 0.15) is 25.3 Å². The Bertz CT molecular complexity index is 657. The van der Waals surface area contributed by atoms with Gasteiger partial charge in [-0.2, -0.15) is 5.26 Å². The van der Waals surface area contributed by atoms with Gasteiger partial charge in [0.05, 0.1) is 11.6 Å². The van der Waals surface area contributed by atoms with Crippen LogP contribution >= 0.6 is 0 Å². The molecule has 3 heteroatoms. The first-order valence-corrected chi connectivity index (χ1v) is 7.21. The van der Waals surface area contributed by atoms with Gasteiger partial charge in [-0.25, -0.2) is 0 Å². The number of rotatable bonds is 2. The summed E-state index contributed by atoms with van der Waals surface area (Å²) in [5.74, 6) is 0. The highest BCUT2D eigenvalue weighted by molar-refractivity contribution is 5.97. The molecule has 1 fully saturated rings. The molecule has 0 amide bonds. The van der Waals surface area contributed by atoms with Crippen molar-refractivity contribution in [3.8, 4) is 6.07 Å². The monoisotopic (exact) mass is 265 g/mol. The molecule has 1 heterocycles. The molecule has 1 aliphatic rings. The minimum Gasteiger partial charge on any atom is -0.380 e. The third kappa shape index (κ3) is 2.35. The quantitative estimate of drug-likeness (QED) is 0.876. The predicted molar refractivity (Wildman–Crippen MR) is 82.8 cm³/mol. The van der Waals surface area contributed by atoms with Gasteiger partial charge in [0, 0.05) is 28.5 Å². The summed E-state index contributed by atoms with van der Waals surface area (Å²) in [6, 6.07) is 15.2. The molecule has 0 aromatic heterocycles. The number of benzene rings is 2. The number of fused-ring (bicyclic) bond motifs is 1. The Balaban J connectivity index is 1.98. The highest BCUT2D eigenvalue weighted by Gasteiger charge is 2.21. The summed E-state index contributed by atoms with van der Waals surface area (Å²) >= 11 is 0. The van der Waals surface area contributed by atoms with Crippen molar-refractivity contribution >= 4 is 16.5 Å². The van der Waals surface area contributed by atoms with Gasteiger partial charge in [-0.05, 0) is 38.4 Å². The van der Waals surface area contributed by atoms with E-state index in [2.05, 4.69) is 29.7 Å². The van der Waals surface area contributed by atoms with E-state index >= 15 is 0 Å². The van der Waals surface area contributed by atoms with Crippen LogP contribution in [0.25, 0.3) is 10.8 Å². The molecule has 0 spiro atoms. The average molecular weight is 265 g/mol. The number of anilines is 1. The van der Waals surface area contributed by atoms with Crippen LogP contribution in [0.15, 0.2) is 36.4 Å². The van der Waals surface area contributed by atoms with Gasteiger partial charge in [-0.15, -0.1) is 0 Å². The third-order valence-electron chi connectivity index (χ3n) is 4.15. The van der Waals surface area contributed by atoms with Crippen LogP contribution < -0.4 is 10.6 Å². The highest BCUT2D eigenvalue weighted by Crippen LogP contribution is 2.28. The van der Waals surface area contributed by atoms with Crippen LogP contribution in [-0.2, 0) is 0 Å². The first-order chi connectivity index (χ1) is 9.79. The smallest absolute Gasteiger partial charge is 0.0998 e. The van der Waals surface area contributed by atoms with E-state index in [9.17, 15) is 5.26 Å². The maximum Gasteiger partial charge on any atom is 0.0998 e. The molecule has 3 rings (SSSR count). The van der Waals surface area contributed by atoms with Gasteiger partial charge in [0.15, 0.2) is 0 Å². The van der Waals surface area contributed by atoms with Crippen LogP contribution in [0, 0.1) is 11.3 Å². The maximum absolute atomic E-state index is 9.21. The number of nitrogens with one attached hydrogen (secondary N) is 2. The molecule has 0 bridgehead atoms. The van der Waals surface area contributed by atoms with Crippen molar-refractivity contribution in [1.82, 2.24) is 5.32 Å². The van der Waals surface area contributed by atoms with Gasteiger partial charge in [0.25, 0.3) is 0 Å². The number of hydrogen-bond acceptors (Lipinski definition) is 3. The zero-order chi connectivity index (χ0) is 13.9. The van der Waals surface area contributed by atoms with E-state index in [1.165, 1.54) is 12.8 Å². The van der Waals surface area contributed by atoms with Crippen LogP contribution in [0.2, 0.25) is 0 Å². The van der Waals surface area contributed by atoms with Gasteiger partial charge in [-0.1, -0.05) is 24.3 Å². The Morgan fingerprint density at radius 3 is 2.75 bits per heavy atom. The normalized spacial score (nSPS) is 22.4. The van der Waals surface area contributed by atoms with Crippen molar-refractivity contribution in [2.75, 3.05) is 11.9 Å². The van der Waals surface area contributed by atoms with Crippen molar-refractivity contribution in [2.45, 2.75) is 31.8 Å². The first-order valence-electron chi connectivity index (χ1n) is 7.21. The van der Waals surface area contributed by atoms with Crippen LogP contribution in [0.4, 0.5) is 5.69 Å². The predicted octanol–water partition coefficient (Wildman–Crippen LogP) is 3.26. The van der Waals surface area contributed by atoms with Crippen LogP contribution in [-0.4, -0.2) is 18.6 Å². The van der Waals surface area contributed by atoms with Gasteiger partial charge in [0.2, 0.25) is 0 Å². The van der Waals surface area contributed by atoms with E-state index in [1.54, 1.807) is 0 Å². The summed E-state index contributed by atoms with van der Waals surface area (Å²) in [5.41, 5.74) is 1.86. The van der Waals surface area contributed by atoms with Crippen molar-refractivity contribution in [3.63, 3.8) is 0 Å². The lowest BCUT2D eigenvalue weighted by Gasteiger charge is -2.31. The molecule has 3 nitrogen and oxygen atoms in total. The third-order valence-corrected chi connectivity index (χ3v) is 4.15. The molecule has 102 valence electrons.